The SMILES string of the molecule is C=CCCCN1C(=C)N(CCCS)C(=C)N(CCCC(=C)CCS)C1=C. The highest BCUT2D eigenvalue weighted by Gasteiger charge is 2.31. The maximum atomic E-state index is 4.35. The molecule has 1 aliphatic heterocycles. The van der Waals surface area contributed by atoms with Crippen molar-refractivity contribution in [3.05, 3.63) is 62.0 Å². The third-order valence-corrected chi connectivity index (χ3v) is 5.12. The molecule has 1 aliphatic rings. The Morgan fingerprint density at radius 2 is 1.27 bits per heavy atom. The van der Waals surface area contributed by atoms with Crippen LogP contribution in [0, 0.1) is 0 Å². The van der Waals surface area contributed by atoms with E-state index in [1.807, 2.05) is 6.08 Å². The van der Waals surface area contributed by atoms with Crippen LogP contribution in [0.4, 0.5) is 0 Å². The Morgan fingerprint density at radius 1 is 0.769 bits per heavy atom. The van der Waals surface area contributed by atoms with Gasteiger partial charge in [-0.3, -0.25) is 0 Å². The smallest absolute Gasteiger partial charge is 0.108 e. The zero-order valence-electron chi connectivity index (χ0n) is 16.1. The second kappa shape index (κ2) is 12.2. The zero-order valence-corrected chi connectivity index (χ0v) is 17.9. The minimum absolute atomic E-state index is 0.845. The van der Waals surface area contributed by atoms with Gasteiger partial charge in [0.05, 0.1) is 0 Å². The first-order valence-electron chi connectivity index (χ1n) is 9.36. The number of hydrogen-bond donors (Lipinski definition) is 2. The molecular formula is C21H35N3S2. The van der Waals surface area contributed by atoms with Crippen molar-refractivity contribution in [2.75, 3.05) is 31.1 Å². The topological polar surface area (TPSA) is 9.72 Å². The first-order chi connectivity index (χ1) is 12.5. The van der Waals surface area contributed by atoms with Crippen LogP contribution in [0.15, 0.2) is 62.0 Å². The van der Waals surface area contributed by atoms with E-state index in [9.17, 15) is 0 Å². The van der Waals surface area contributed by atoms with Crippen LogP contribution in [0.5, 0.6) is 0 Å². The van der Waals surface area contributed by atoms with Gasteiger partial charge in [-0.25, -0.2) is 0 Å². The molecule has 26 heavy (non-hydrogen) atoms. The quantitative estimate of drug-likeness (QED) is 0.251. The molecule has 1 heterocycles. The lowest BCUT2D eigenvalue weighted by atomic mass is 10.1. The highest BCUT2D eigenvalue weighted by atomic mass is 32.1. The van der Waals surface area contributed by atoms with Crippen LogP contribution < -0.4 is 0 Å². The van der Waals surface area contributed by atoms with Crippen LogP contribution >= 0.6 is 25.3 Å². The second-order valence-electron chi connectivity index (χ2n) is 6.54. The molecule has 0 saturated carbocycles. The number of rotatable bonds is 13. The predicted molar refractivity (Wildman–Crippen MR) is 122 cm³/mol. The molecule has 0 atom stereocenters. The van der Waals surface area contributed by atoms with Gasteiger partial charge in [-0.15, -0.1) is 6.58 Å². The lowest BCUT2D eigenvalue weighted by Gasteiger charge is -2.49. The van der Waals surface area contributed by atoms with Crippen molar-refractivity contribution in [1.82, 2.24) is 14.7 Å². The van der Waals surface area contributed by atoms with Crippen molar-refractivity contribution in [3.63, 3.8) is 0 Å². The van der Waals surface area contributed by atoms with Crippen molar-refractivity contribution in [1.29, 1.82) is 0 Å². The Labute approximate surface area is 171 Å². The first-order valence-corrected chi connectivity index (χ1v) is 10.6. The second-order valence-corrected chi connectivity index (χ2v) is 7.43. The standard InChI is InChI=1S/C21H35N3S2/c1-6-7-8-13-22-19(3)23(14-9-11-18(2)12-17-26)21(5)24(20(22)4)15-10-16-25/h6,25-26H,1-5,7-17H2. The molecule has 0 radical (unpaired) electrons. The summed E-state index contributed by atoms with van der Waals surface area (Å²) in [5.74, 6) is 4.59. The van der Waals surface area contributed by atoms with Crippen LogP contribution in [0.25, 0.3) is 0 Å². The van der Waals surface area contributed by atoms with Crippen LogP contribution in [-0.4, -0.2) is 45.8 Å². The summed E-state index contributed by atoms with van der Waals surface area (Å²) < 4.78 is 0. The van der Waals surface area contributed by atoms with Gasteiger partial charge in [-0.1, -0.05) is 38.0 Å². The minimum atomic E-state index is 0.845. The van der Waals surface area contributed by atoms with E-state index in [-0.39, 0.29) is 0 Å². The van der Waals surface area contributed by atoms with E-state index in [0.717, 1.165) is 87.1 Å². The number of allylic oxidation sites excluding steroid dienone is 2. The molecule has 1 fully saturated rings. The van der Waals surface area contributed by atoms with Crippen molar-refractivity contribution in [2.24, 2.45) is 0 Å². The number of thiol groups is 2. The first kappa shape index (κ1) is 22.8. The molecule has 0 N–H and O–H groups in total. The highest BCUT2D eigenvalue weighted by Crippen LogP contribution is 2.32. The molecule has 0 aromatic rings. The maximum absolute atomic E-state index is 4.35. The summed E-state index contributed by atoms with van der Waals surface area (Å²) in [4.78, 5) is 6.62. The van der Waals surface area contributed by atoms with E-state index in [4.69, 9.17) is 0 Å². The number of unbranched alkanes of at least 4 members (excludes halogenated alkanes) is 1. The summed E-state index contributed by atoms with van der Waals surface area (Å²) in [6.07, 6.45) is 7.96. The van der Waals surface area contributed by atoms with E-state index in [2.05, 4.69) is 72.9 Å². The van der Waals surface area contributed by atoms with Gasteiger partial charge >= 0.3 is 0 Å². The molecule has 0 aromatic carbocycles. The molecule has 0 aliphatic carbocycles. The Balaban J connectivity index is 2.82. The van der Waals surface area contributed by atoms with Crippen LogP contribution in [0.1, 0.15) is 38.5 Å². The molecule has 3 nitrogen and oxygen atoms in total. The zero-order chi connectivity index (χ0) is 19.5. The van der Waals surface area contributed by atoms with Crippen molar-refractivity contribution < 1.29 is 0 Å². The van der Waals surface area contributed by atoms with E-state index in [1.165, 1.54) is 5.57 Å². The molecule has 1 rings (SSSR count). The summed E-state index contributed by atoms with van der Waals surface area (Å²) in [5.41, 5.74) is 1.26. The van der Waals surface area contributed by atoms with Crippen LogP contribution in [0.3, 0.4) is 0 Å². The third kappa shape index (κ3) is 6.51. The summed E-state index contributed by atoms with van der Waals surface area (Å²) >= 11 is 8.63. The Morgan fingerprint density at radius 3 is 1.73 bits per heavy atom. The van der Waals surface area contributed by atoms with Gasteiger partial charge < -0.3 is 14.7 Å². The van der Waals surface area contributed by atoms with E-state index in [0.29, 0.717) is 0 Å². The van der Waals surface area contributed by atoms with Crippen molar-refractivity contribution >= 4 is 25.3 Å². The van der Waals surface area contributed by atoms with Gasteiger partial charge in [0.25, 0.3) is 0 Å². The molecule has 0 spiro atoms. The average molecular weight is 394 g/mol. The molecule has 0 bridgehead atoms. The fraction of sp³-hybridized carbons (Fsp3) is 0.524. The van der Waals surface area contributed by atoms with Gasteiger partial charge in [0.15, 0.2) is 0 Å². The highest BCUT2D eigenvalue weighted by molar-refractivity contribution is 7.80. The van der Waals surface area contributed by atoms with Gasteiger partial charge in [-0.05, 0) is 50.0 Å². The Hall–Kier alpha value is -1.20. The monoisotopic (exact) mass is 393 g/mol. The Bertz CT molecular complexity index is 527. The number of hydrogen-bond acceptors (Lipinski definition) is 5. The average Bonchev–Trinajstić information content (AvgIpc) is 2.61. The molecule has 146 valence electrons. The van der Waals surface area contributed by atoms with Crippen molar-refractivity contribution in [3.8, 4) is 0 Å². The van der Waals surface area contributed by atoms with E-state index < -0.39 is 0 Å². The Kier molecular flexibility index (Phi) is 10.7. The summed E-state index contributed by atoms with van der Waals surface area (Å²) in [6.45, 7) is 23.5. The van der Waals surface area contributed by atoms with Gasteiger partial charge in [-0.2, -0.15) is 25.3 Å². The van der Waals surface area contributed by atoms with Crippen LogP contribution in [0.2, 0.25) is 0 Å². The van der Waals surface area contributed by atoms with Crippen LogP contribution in [-0.2, 0) is 0 Å². The molecule has 0 amide bonds. The lowest BCUT2D eigenvalue weighted by molar-refractivity contribution is 0.129. The third-order valence-electron chi connectivity index (χ3n) is 4.58. The molecular weight excluding hydrogens is 358 g/mol. The fourth-order valence-electron chi connectivity index (χ4n) is 3.05. The van der Waals surface area contributed by atoms with E-state index in [1.54, 1.807) is 0 Å². The summed E-state index contributed by atoms with van der Waals surface area (Å²) in [6, 6.07) is 0. The summed E-state index contributed by atoms with van der Waals surface area (Å²) in [5, 5.41) is 0. The minimum Gasteiger partial charge on any atom is -0.315 e. The van der Waals surface area contributed by atoms with Gasteiger partial charge in [0.2, 0.25) is 0 Å². The largest absolute Gasteiger partial charge is 0.315 e. The van der Waals surface area contributed by atoms with E-state index >= 15 is 0 Å². The normalized spacial score (nSPS) is 15.0. The lowest BCUT2D eigenvalue weighted by Crippen LogP contribution is -2.49. The van der Waals surface area contributed by atoms with Gasteiger partial charge in [0.1, 0.15) is 17.5 Å². The molecule has 0 aromatic heterocycles. The predicted octanol–water partition coefficient (Wildman–Crippen LogP) is 5.26. The summed E-state index contributed by atoms with van der Waals surface area (Å²) in [7, 11) is 0. The number of nitrogens with zero attached hydrogens (tertiary/aromatic N) is 3. The maximum Gasteiger partial charge on any atom is 0.108 e. The molecule has 0 unspecified atom stereocenters. The van der Waals surface area contributed by atoms with Crippen molar-refractivity contribution in [2.45, 2.75) is 38.5 Å². The molecule has 1 saturated heterocycles. The fourth-order valence-corrected chi connectivity index (χ4v) is 3.51. The molecule has 5 heteroatoms. The van der Waals surface area contributed by atoms with Gasteiger partial charge in [0, 0.05) is 19.6 Å².